The van der Waals surface area contributed by atoms with E-state index in [0.717, 1.165) is 46.0 Å². The van der Waals surface area contributed by atoms with Gasteiger partial charge in [0.25, 0.3) is 5.91 Å². The number of aromatic nitrogens is 2. The quantitative estimate of drug-likeness (QED) is 0.642. The molecule has 1 atom stereocenters. The molecule has 5 rings (SSSR count). The van der Waals surface area contributed by atoms with Crippen LogP contribution in [0.1, 0.15) is 27.0 Å². The number of carbonyl (C=O) groups excluding carboxylic acids is 1. The lowest BCUT2D eigenvalue weighted by Crippen LogP contribution is -2.41. The summed E-state index contributed by atoms with van der Waals surface area (Å²) in [5.74, 6) is 0.0572. The zero-order chi connectivity index (χ0) is 20.3. The van der Waals surface area contributed by atoms with Gasteiger partial charge in [0.05, 0.1) is 31.6 Å². The van der Waals surface area contributed by atoms with Crippen molar-refractivity contribution in [1.29, 1.82) is 0 Å². The van der Waals surface area contributed by atoms with Crippen LogP contribution < -0.4 is 0 Å². The highest BCUT2D eigenvalue weighted by Gasteiger charge is 2.32. The molecule has 0 spiro atoms. The summed E-state index contributed by atoms with van der Waals surface area (Å²) in [6.45, 7) is 5.38. The van der Waals surface area contributed by atoms with Crippen molar-refractivity contribution in [1.82, 2.24) is 19.8 Å². The summed E-state index contributed by atoms with van der Waals surface area (Å²) in [6.07, 6.45) is 3.44. The number of hydrogen-bond donors (Lipinski definition) is 0. The van der Waals surface area contributed by atoms with Crippen molar-refractivity contribution in [3.05, 3.63) is 58.9 Å². The Hall–Kier alpha value is -2.39. The highest BCUT2D eigenvalue weighted by atomic mass is 32.1. The van der Waals surface area contributed by atoms with Crippen LogP contribution in [0.2, 0.25) is 0 Å². The van der Waals surface area contributed by atoms with Crippen LogP contribution in [0.5, 0.6) is 0 Å². The van der Waals surface area contributed by atoms with Crippen molar-refractivity contribution in [2.24, 2.45) is 0 Å². The zero-order valence-corrected chi connectivity index (χ0v) is 17.5. The molecule has 156 valence electrons. The number of hydrogen-bond acceptors (Lipinski definition) is 7. The summed E-state index contributed by atoms with van der Waals surface area (Å²) in [5, 5.41) is 1.02. The van der Waals surface area contributed by atoms with E-state index in [-0.39, 0.29) is 12.0 Å². The molecule has 2 saturated heterocycles. The van der Waals surface area contributed by atoms with E-state index < -0.39 is 0 Å². The van der Waals surface area contributed by atoms with E-state index >= 15 is 0 Å². The number of ether oxygens (including phenoxy) is 2. The molecular formula is C22H24N4O3S. The fourth-order valence-corrected chi connectivity index (χ4v) is 5.24. The molecule has 3 aromatic rings. The third-order valence-electron chi connectivity index (χ3n) is 5.58. The number of amides is 1. The number of pyridine rings is 2. The molecule has 0 N–H and O–H groups in total. The molecule has 30 heavy (non-hydrogen) atoms. The predicted octanol–water partition coefficient (Wildman–Crippen LogP) is 2.74. The summed E-state index contributed by atoms with van der Waals surface area (Å²) < 4.78 is 11.6. The van der Waals surface area contributed by atoms with Crippen LogP contribution in [0.25, 0.3) is 10.2 Å². The number of nitrogens with zero attached hydrogens (tertiary/aromatic N) is 4. The lowest BCUT2D eigenvalue weighted by Gasteiger charge is -2.33. The third-order valence-corrected chi connectivity index (χ3v) is 6.70. The normalized spacial score (nSPS) is 20.5. The lowest BCUT2D eigenvalue weighted by atomic mass is 10.0. The van der Waals surface area contributed by atoms with Crippen LogP contribution in [0.3, 0.4) is 0 Å². The van der Waals surface area contributed by atoms with Gasteiger partial charge < -0.3 is 14.4 Å². The number of rotatable bonds is 4. The second-order valence-electron chi connectivity index (χ2n) is 7.52. The van der Waals surface area contributed by atoms with Gasteiger partial charge in [-0.25, -0.2) is 4.98 Å². The minimum absolute atomic E-state index is 0.0572. The van der Waals surface area contributed by atoms with Crippen molar-refractivity contribution >= 4 is 27.5 Å². The van der Waals surface area contributed by atoms with Crippen molar-refractivity contribution in [3.8, 4) is 0 Å². The first-order chi connectivity index (χ1) is 14.8. The van der Waals surface area contributed by atoms with Gasteiger partial charge in [-0.15, -0.1) is 11.3 Å². The van der Waals surface area contributed by atoms with Crippen molar-refractivity contribution in [3.63, 3.8) is 0 Å². The Bertz CT molecular complexity index is 1020. The Morgan fingerprint density at radius 2 is 1.93 bits per heavy atom. The number of carbonyl (C=O) groups is 1. The van der Waals surface area contributed by atoms with Crippen molar-refractivity contribution in [2.45, 2.75) is 12.6 Å². The molecule has 0 bridgehead atoms. The molecule has 1 amide bonds. The van der Waals surface area contributed by atoms with E-state index in [4.69, 9.17) is 9.47 Å². The van der Waals surface area contributed by atoms with Gasteiger partial charge in [-0.1, -0.05) is 12.1 Å². The van der Waals surface area contributed by atoms with Crippen LogP contribution in [-0.2, 0) is 16.0 Å². The van der Waals surface area contributed by atoms with Crippen molar-refractivity contribution < 1.29 is 14.3 Å². The van der Waals surface area contributed by atoms with Crippen LogP contribution in [0.4, 0.5) is 0 Å². The van der Waals surface area contributed by atoms with Crippen LogP contribution in [-0.4, -0.2) is 71.7 Å². The number of fused-ring (bicyclic) bond motifs is 1. The van der Waals surface area contributed by atoms with Gasteiger partial charge in [0.1, 0.15) is 9.71 Å². The van der Waals surface area contributed by atoms with E-state index in [2.05, 4.69) is 14.9 Å². The van der Waals surface area contributed by atoms with Gasteiger partial charge in [-0.2, -0.15) is 0 Å². The second kappa shape index (κ2) is 8.77. The fraction of sp³-hybridized carbons (Fsp3) is 0.409. The van der Waals surface area contributed by atoms with Gasteiger partial charge >= 0.3 is 0 Å². The molecule has 0 aliphatic carbocycles. The van der Waals surface area contributed by atoms with E-state index in [1.807, 2.05) is 41.4 Å². The maximum atomic E-state index is 13.4. The standard InChI is InChI=1S/C22H24N4O3S/c27-22(26-9-11-28-12-10-26)20-19(17-5-3-7-24-21(17)30-20)18-15-25(8-13-29-18)14-16-4-1-2-6-23-16/h1-7,18H,8-15H2. The average molecular weight is 425 g/mol. The minimum atomic E-state index is -0.166. The summed E-state index contributed by atoms with van der Waals surface area (Å²) in [7, 11) is 0. The smallest absolute Gasteiger partial charge is 0.264 e. The molecule has 3 aromatic heterocycles. The van der Waals surface area contributed by atoms with E-state index in [0.29, 0.717) is 32.9 Å². The van der Waals surface area contributed by atoms with Gasteiger partial charge in [0.15, 0.2) is 0 Å². The molecule has 0 radical (unpaired) electrons. The first-order valence-electron chi connectivity index (χ1n) is 10.3. The zero-order valence-electron chi connectivity index (χ0n) is 16.7. The molecule has 2 aliphatic rings. The van der Waals surface area contributed by atoms with Gasteiger partial charge in [0, 0.05) is 56.1 Å². The molecule has 5 heterocycles. The molecule has 2 aliphatic heterocycles. The summed E-state index contributed by atoms with van der Waals surface area (Å²) in [6, 6.07) is 9.96. The number of thiophene rings is 1. The average Bonchev–Trinajstić information content (AvgIpc) is 3.20. The molecular weight excluding hydrogens is 400 g/mol. The molecule has 1 unspecified atom stereocenters. The third kappa shape index (κ3) is 3.96. The Kier molecular flexibility index (Phi) is 5.72. The Labute approximate surface area is 179 Å². The molecule has 0 aromatic carbocycles. The second-order valence-corrected chi connectivity index (χ2v) is 8.52. The van der Waals surface area contributed by atoms with Gasteiger partial charge in [0.2, 0.25) is 0 Å². The largest absolute Gasteiger partial charge is 0.378 e. The topological polar surface area (TPSA) is 67.8 Å². The molecule has 8 heteroatoms. The first kappa shape index (κ1) is 19.6. The fourth-order valence-electron chi connectivity index (χ4n) is 4.08. The monoisotopic (exact) mass is 424 g/mol. The van der Waals surface area contributed by atoms with Gasteiger partial charge in [-0.3, -0.25) is 14.7 Å². The highest BCUT2D eigenvalue weighted by Crippen LogP contribution is 2.38. The summed E-state index contributed by atoms with van der Waals surface area (Å²) in [4.78, 5) is 28.2. The van der Waals surface area contributed by atoms with Crippen molar-refractivity contribution in [2.75, 3.05) is 46.0 Å². The highest BCUT2D eigenvalue weighted by molar-refractivity contribution is 7.20. The maximum absolute atomic E-state index is 13.4. The lowest BCUT2D eigenvalue weighted by molar-refractivity contribution is -0.0329. The van der Waals surface area contributed by atoms with Crippen LogP contribution >= 0.6 is 11.3 Å². The summed E-state index contributed by atoms with van der Waals surface area (Å²) in [5.41, 5.74) is 2.02. The van der Waals surface area contributed by atoms with Crippen LogP contribution in [0, 0.1) is 0 Å². The number of morpholine rings is 2. The minimum Gasteiger partial charge on any atom is -0.378 e. The van der Waals surface area contributed by atoms with E-state index in [9.17, 15) is 4.79 Å². The molecule has 2 fully saturated rings. The van der Waals surface area contributed by atoms with Gasteiger partial charge in [-0.05, 0) is 18.2 Å². The van der Waals surface area contributed by atoms with Crippen LogP contribution in [0.15, 0.2) is 42.7 Å². The summed E-state index contributed by atoms with van der Waals surface area (Å²) >= 11 is 1.47. The SMILES string of the molecule is O=C(c1sc2ncccc2c1C1CN(Cc2ccccn2)CCO1)N1CCOCC1. The van der Waals surface area contributed by atoms with E-state index in [1.54, 1.807) is 6.20 Å². The van der Waals surface area contributed by atoms with E-state index in [1.165, 1.54) is 11.3 Å². The Balaban J connectivity index is 1.45. The first-order valence-corrected chi connectivity index (χ1v) is 11.1. The Morgan fingerprint density at radius 1 is 1.07 bits per heavy atom. The maximum Gasteiger partial charge on any atom is 0.264 e. The molecule has 7 nitrogen and oxygen atoms in total. The predicted molar refractivity (Wildman–Crippen MR) is 115 cm³/mol. The Morgan fingerprint density at radius 3 is 2.77 bits per heavy atom. The molecule has 0 saturated carbocycles.